The molecule has 0 saturated carbocycles. The summed E-state index contributed by atoms with van der Waals surface area (Å²) in [5, 5.41) is 2.62. The summed E-state index contributed by atoms with van der Waals surface area (Å²) in [4.78, 5) is 3.97. The number of nitrogens with zero attached hydrogens (tertiary/aromatic N) is 2. The van der Waals surface area contributed by atoms with E-state index in [4.69, 9.17) is 0 Å². The number of aromatic nitrogens is 2. The number of fused-ring (bicyclic) bond motifs is 1. The molecule has 0 saturated heterocycles. The molecule has 0 aliphatic rings. The van der Waals surface area contributed by atoms with Crippen LogP contribution in [-0.4, -0.2) is 9.55 Å². The van der Waals surface area contributed by atoms with E-state index in [9.17, 15) is 8.78 Å². The number of hydrogen-bond donors (Lipinski definition) is 0. The average molecular weight is 350 g/mol. The largest absolute Gasteiger partial charge is 0.331 e. The molecule has 0 amide bonds. The number of benzene rings is 1. The van der Waals surface area contributed by atoms with Gasteiger partial charge in [0, 0.05) is 28.3 Å². The monoisotopic (exact) mass is 350 g/mol. The SMILES string of the molecule is Cn1cnc2cc(C#CSI)c(F)c(F)c21. The Morgan fingerprint density at radius 3 is 2.88 bits per heavy atom. The van der Waals surface area contributed by atoms with Gasteiger partial charge < -0.3 is 4.57 Å². The Balaban J connectivity index is 2.75. The molecule has 6 heteroatoms. The highest BCUT2D eigenvalue weighted by Crippen LogP contribution is 2.22. The van der Waals surface area contributed by atoms with Crippen LogP contribution >= 0.6 is 30.1 Å². The van der Waals surface area contributed by atoms with Crippen LogP contribution in [0, 0.1) is 22.8 Å². The Kier molecular flexibility index (Phi) is 3.35. The van der Waals surface area contributed by atoms with Crippen LogP contribution in [0.25, 0.3) is 11.0 Å². The van der Waals surface area contributed by atoms with Gasteiger partial charge >= 0.3 is 0 Å². The van der Waals surface area contributed by atoms with Gasteiger partial charge in [-0.25, -0.2) is 13.8 Å². The lowest BCUT2D eigenvalue weighted by atomic mass is 10.2. The van der Waals surface area contributed by atoms with E-state index < -0.39 is 11.6 Å². The normalized spacial score (nSPS) is 10.2. The molecule has 0 N–H and O–H groups in total. The molecule has 0 fully saturated rings. The summed E-state index contributed by atoms with van der Waals surface area (Å²) in [5.74, 6) is 0.721. The molecule has 16 heavy (non-hydrogen) atoms. The van der Waals surface area contributed by atoms with Gasteiger partial charge in [-0.15, -0.1) is 0 Å². The lowest BCUT2D eigenvalue weighted by Gasteiger charge is -2.00. The Morgan fingerprint density at radius 2 is 2.19 bits per heavy atom. The van der Waals surface area contributed by atoms with Gasteiger partial charge in [0.05, 0.1) is 17.4 Å². The molecule has 1 heterocycles. The van der Waals surface area contributed by atoms with Crippen molar-refractivity contribution in [1.29, 1.82) is 0 Å². The molecule has 0 aliphatic carbocycles. The van der Waals surface area contributed by atoms with Gasteiger partial charge in [0.15, 0.2) is 11.6 Å². The Labute approximate surface area is 107 Å². The van der Waals surface area contributed by atoms with Crippen LogP contribution in [0.1, 0.15) is 5.56 Å². The van der Waals surface area contributed by atoms with Gasteiger partial charge in [0.25, 0.3) is 0 Å². The highest BCUT2D eigenvalue weighted by atomic mass is 127. The van der Waals surface area contributed by atoms with E-state index in [1.54, 1.807) is 7.05 Å². The third kappa shape index (κ3) is 1.89. The Morgan fingerprint density at radius 1 is 1.44 bits per heavy atom. The van der Waals surface area contributed by atoms with E-state index in [1.165, 1.54) is 25.9 Å². The van der Waals surface area contributed by atoms with Crippen molar-refractivity contribution >= 4 is 41.2 Å². The van der Waals surface area contributed by atoms with Crippen LogP contribution < -0.4 is 0 Å². The highest BCUT2D eigenvalue weighted by molar-refractivity contribution is 14.2. The molecule has 1 aromatic heterocycles. The maximum Gasteiger partial charge on any atom is 0.185 e. The van der Waals surface area contributed by atoms with Crippen molar-refractivity contribution in [3.8, 4) is 11.2 Å². The molecule has 2 aromatic rings. The second-order valence-electron chi connectivity index (χ2n) is 3.08. The summed E-state index contributed by atoms with van der Waals surface area (Å²) in [6.45, 7) is 0. The van der Waals surface area contributed by atoms with Crippen LogP contribution in [-0.2, 0) is 7.05 Å². The predicted octanol–water partition coefficient (Wildman–Crippen LogP) is 3.24. The number of rotatable bonds is 0. The van der Waals surface area contributed by atoms with E-state index >= 15 is 0 Å². The molecule has 0 atom stereocenters. The summed E-state index contributed by atoms with van der Waals surface area (Å²) in [6.07, 6.45) is 1.44. The molecule has 0 radical (unpaired) electrons. The first kappa shape index (κ1) is 11.7. The zero-order chi connectivity index (χ0) is 11.7. The third-order valence-electron chi connectivity index (χ3n) is 2.11. The minimum absolute atomic E-state index is 0.0351. The second-order valence-corrected chi connectivity index (χ2v) is 4.76. The summed E-state index contributed by atoms with van der Waals surface area (Å²) in [7, 11) is 2.83. The summed E-state index contributed by atoms with van der Waals surface area (Å²) < 4.78 is 28.7. The van der Waals surface area contributed by atoms with Crippen molar-refractivity contribution in [2.75, 3.05) is 0 Å². The molecule has 0 aliphatic heterocycles. The third-order valence-corrected chi connectivity index (χ3v) is 2.95. The summed E-state index contributed by atoms with van der Waals surface area (Å²) in [5.41, 5.74) is 0.599. The molecule has 82 valence electrons. The van der Waals surface area contributed by atoms with E-state index in [-0.39, 0.29) is 11.1 Å². The molecular weight excluding hydrogens is 345 g/mol. The minimum Gasteiger partial charge on any atom is -0.331 e. The smallest absolute Gasteiger partial charge is 0.185 e. The summed E-state index contributed by atoms with van der Waals surface area (Å²) in [6, 6.07) is 1.45. The highest BCUT2D eigenvalue weighted by Gasteiger charge is 2.15. The molecule has 2 rings (SSSR count). The Bertz CT molecular complexity index is 613. The predicted molar refractivity (Wildman–Crippen MR) is 69.1 cm³/mol. The fourth-order valence-corrected chi connectivity index (χ4v) is 1.89. The fourth-order valence-electron chi connectivity index (χ4n) is 1.41. The zero-order valence-electron chi connectivity index (χ0n) is 8.09. The lowest BCUT2D eigenvalue weighted by Crippen LogP contribution is -1.95. The molecule has 0 spiro atoms. The first-order valence-corrected chi connectivity index (χ1v) is 7.58. The summed E-state index contributed by atoms with van der Waals surface area (Å²) >= 11 is 1.96. The van der Waals surface area contributed by atoms with Gasteiger partial charge in [-0.1, -0.05) is 5.92 Å². The minimum atomic E-state index is -0.922. The van der Waals surface area contributed by atoms with Crippen molar-refractivity contribution in [2.45, 2.75) is 0 Å². The van der Waals surface area contributed by atoms with Gasteiger partial charge in [0.2, 0.25) is 0 Å². The standard InChI is InChI=1S/C10H5F2IN2S/c1-15-5-14-7-4-6(2-3-16-13)8(11)9(12)10(7)15/h4-5H,1H3. The first-order chi connectivity index (χ1) is 7.65. The number of hydrogen-bond acceptors (Lipinski definition) is 2. The van der Waals surface area contributed by atoms with Gasteiger partial charge in [0.1, 0.15) is 5.52 Å². The molecule has 0 unspecified atom stereocenters. The van der Waals surface area contributed by atoms with Crippen molar-refractivity contribution in [1.82, 2.24) is 9.55 Å². The van der Waals surface area contributed by atoms with E-state index in [1.807, 2.05) is 21.2 Å². The molecule has 1 aromatic carbocycles. The maximum atomic E-state index is 13.7. The van der Waals surface area contributed by atoms with Gasteiger partial charge in [-0.05, 0) is 20.3 Å². The van der Waals surface area contributed by atoms with Gasteiger partial charge in [-0.3, -0.25) is 0 Å². The number of imidazole rings is 1. The van der Waals surface area contributed by atoms with Crippen molar-refractivity contribution in [3.05, 3.63) is 29.6 Å². The molecule has 2 nitrogen and oxygen atoms in total. The number of aryl methyl sites for hydroxylation is 1. The van der Waals surface area contributed by atoms with E-state index in [0.717, 1.165) is 0 Å². The molecular formula is C10H5F2IN2S. The van der Waals surface area contributed by atoms with Crippen molar-refractivity contribution in [2.24, 2.45) is 7.05 Å². The average Bonchev–Trinajstić information content (AvgIpc) is 2.63. The van der Waals surface area contributed by atoms with Crippen molar-refractivity contribution in [3.63, 3.8) is 0 Å². The van der Waals surface area contributed by atoms with Crippen LogP contribution in [0.5, 0.6) is 0 Å². The van der Waals surface area contributed by atoms with E-state index in [2.05, 4.69) is 16.2 Å². The quantitative estimate of drug-likeness (QED) is 0.536. The second kappa shape index (κ2) is 4.59. The van der Waals surface area contributed by atoms with Crippen molar-refractivity contribution < 1.29 is 8.78 Å². The van der Waals surface area contributed by atoms with Crippen LogP contribution in [0.2, 0.25) is 0 Å². The fraction of sp³-hybridized carbons (Fsp3) is 0.100. The van der Waals surface area contributed by atoms with Gasteiger partial charge in [-0.2, -0.15) is 0 Å². The Hall–Kier alpha value is -0.810. The van der Waals surface area contributed by atoms with Crippen LogP contribution in [0.3, 0.4) is 0 Å². The van der Waals surface area contributed by atoms with Crippen LogP contribution in [0.4, 0.5) is 8.78 Å². The van der Waals surface area contributed by atoms with E-state index in [0.29, 0.717) is 5.52 Å². The first-order valence-electron chi connectivity index (χ1n) is 4.22. The zero-order valence-corrected chi connectivity index (χ0v) is 11.1. The maximum absolute atomic E-state index is 13.7. The molecule has 0 bridgehead atoms. The lowest BCUT2D eigenvalue weighted by molar-refractivity contribution is 0.511. The topological polar surface area (TPSA) is 17.8 Å². The number of halogens is 3. The van der Waals surface area contributed by atoms with Crippen LogP contribution in [0.15, 0.2) is 12.4 Å².